The van der Waals surface area contributed by atoms with Gasteiger partial charge < -0.3 is 18.9 Å². The molecular formula is C22H27NO7S. The monoisotopic (exact) mass is 449 g/mol. The van der Waals surface area contributed by atoms with E-state index in [1.807, 2.05) is 13.0 Å². The number of hydrogen-bond donors (Lipinski definition) is 0. The van der Waals surface area contributed by atoms with E-state index < -0.39 is 22.0 Å². The summed E-state index contributed by atoms with van der Waals surface area (Å²) in [6.07, 6.45) is 0.360. The molecule has 0 aromatic heterocycles. The molecule has 8 nitrogen and oxygen atoms in total. The zero-order valence-electron chi connectivity index (χ0n) is 18.1. The maximum atomic E-state index is 13.5. The second-order valence-corrected chi connectivity index (χ2v) is 8.86. The molecule has 0 aliphatic carbocycles. The lowest BCUT2D eigenvalue weighted by Gasteiger charge is -2.36. The molecule has 1 aliphatic heterocycles. The molecule has 0 saturated carbocycles. The van der Waals surface area contributed by atoms with E-state index >= 15 is 0 Å². The van der Waals surface area contributed by atoms with Crippen LogP contribution in [-0.4, -0.2) is 53.2 Å². The third-order valence-electron chi connectivity index (χ3n) is 5.28. The molecule has 0 fully saturated rings. The summed E-state index contributed by atoms with van der Waals surface area (Å²) in [5.74, 6) is 1.12. The van der Waals surface area contributed by atoms with Gasteiger partial charge in [-0.15, -0.1) is 0 Å². The second kappa shape index (κ2) is 9.57. The van der Waals surface area contributed by atoms with E-state index in [-0.39, 0.29) is 17.9 Å². The van der Waals surface area contributed by atoms with E-state index in [0.29, 0.717) is 35.8 Å². The number of benzene rings is 2. The van der Waals surface area contributed by atoms with Crippen molar-refractivity contribution < 1.29 is 32.2 Å². The van der Waals surface area contributed by atoms with Crippen LogP contribution in [0.25, 0.3) is 0 Å². The van der Waals surface area contributed by atoms with Gasteiger partial charge in [-0.2, -0.15) is 4.31 Å². The van der Waals surface area contributed by atoms with Crippen LogP contribution in [0.2, 0.25) is 0 Å². The summed E-state index contributed by atoms with van der Waals surface area (Å²) in [6.45, 7) is 2.57. The molecule has 2 aromatic carbocycles. The van der Waals surface area contributed by atoms with Crippen LogP contribution < -0.4 is 14.2 Å². The molecule has 1 atom stereocenters. The number of esters is 1. The Hall–Kier alpha value is -2.78. The average Bonchev–Trinajstić information content (AvgIpc) is 2.78. The highest BCUT2D eigenvalue weighted by Crippen LogP contribution is 2.41. The minimum Gasteiger partial charge on any atom is -0.494 e. The van der Waals surface area contributed by atoms with Gasteiger partial charge in [0.15, 0.2) is 11.5 Å². The number of ether oxygens (including phenoxy) is 4. The Labute approximate surface area is 182 Å². The topological polar surface area (TPSA) is 91.4 Å². The molecule has 1 aliphatic rings. The minimum absolute atomic E-state index is 0.116. The van der Waals surface area contributed by atoms with Gasteiger partial charge in [-0.05, 0) is 60.9 Å². The van der Waals surface area contributed by atoms with Crippen molar-refractivity contribution >= 4 is 16.0 Å². The SMILES string of the molecule is CCOc1ccc(S(=O)(=O)N2CCc3cc(OC)c(OC)cc3[C@H]2CC(=O)OC)cc1. The smallest absolute Gasteiger partial charge is 0.307 e. The number of carbonyl (C=O) groups is 1. The first kappa shape index (κ1) is 22.9. The predicted octanol–water partition coefficient (Wildman–Crippen LogP) is 2.95. The van der Waals surface area contributed by atoms with Gasteiger partial charge in [0.05, 0.1) is 45.3 Å². The third kappa shape index (κ3) is 4.62. The Balaban J connectivity index is 2.05. The van der Waals surface area contributed by atoms with Gasteiger partial charge in [0.1, 0.15) is 5.75 Å². The molecule has 0 radical (unpaired) electrons. The first-order valence-electron chi connectivity index (χ1n) is 9.92. The van der Waals surface area contributed by atoms with Crippen molar-refractivity contribution in [2.24, 2.45) is 0 Å². The molecule has 3 rings (SSSR count). The maximum absolute atomic E-state index is 13.5. The lowest BCUT2D eigenvalue weighted by Crippen LogP contribution is -2.41. The van der Waals surface area contributed by atoms with E-state index in [2.05, 4.69) is 0 Å². The van der Waals surface area contributed by atoms with Gasteiger partial charge in [-0.3, -0.25) is 4.79 Å². The fourth-order valence-corrected chi connectivity index (χ4v) is 5.36. The van der Waals surface area contributed by atoms with Crippen molar-refractivity contribution in [1.29, 1.82) is 0 Å². The van der Waals surface area contributed by atoms with Crippen LogP contribution in [0.3, 0.4) is 0 Å². The summed E-state index contributed by atoms with van der Waals surface area (Å²) < 4.78 is 49.4. The highest BCUT2D eigenvalue weighted by atomic mass is 32.2. The van der Waals surface area contributed by atoms with Crippen LogP contribution in [0, 0.1) is 0 Å². The summed E-state index contributed by atoms with van der Waals surface area (Å²) in [5.41, 5.74) is 1.61. The molecular weight excluding hydrogens is 422 g/mol. The Kier molecular flexibility index (Phi) is 7.07. The van der Waals surface area contributed by atoms with E-state index in [9.17, 15) is 13.2 Å². The number of rotatable bonds is 8. The number of sulfonamides is 1. The van der Waals surface area contributed by atoms with Crippen molar-refractivity contribution in [1.82, 2.24) is 4.31 Å². The largest absolute Gasteiger partial charge is 0.494 e. The van der Waals surface area contributed by atoms with Gasteiger partial charge in [-0.1, -0.05) is 0 Å². The van der Waals surface area contributed by atoms with Crippen LogP contribution in [0.15, 0.2) is 41.3 Å². The molecule has 0 saturated heterocycles. The number of fused-ring (bicyclic) bond motifs is 1. The molecule has 2 aromatic rings. The van der Waals surface area contributed by atoms with Crippen molar-refractivity contribution in [3.8, 4) is 17.2 Å². The Morgan fingerprint density at radius 3 is 2.29 bits per heavy atom. The lowest BCUT2D eigenvalue weighted by atomic mass is 9.91. The molecule has 0 N–H and O–H groups in total. The van der Waals surface area contributed by atoms with E-state index in [0.717, 1.165) is 5.56 Å². The van der Waals surface area contributed by atoms with E-state index in [1.54, 1.807) is 25.3 Å². The van der Waals surface area contributed by atoms with Crippen LogP contribution in [0.4, 0.5) is 0 Å². The minimum atomic E-state index is -3.88. The van der Waals surface area contributed by atoms with E-state index in [1.165, 1.54) is 30.7 Å². The Morgan fingerprint density at radius 2 is 1.71 bits per heavy atom. The first-order chi connectivity index (χ1) is 14.8. The fraction of sp³-hybridized carbons (Fsp3) is 0.409. The maximum Gasteiger partial charge on any atom is 0.307 e. The molecule has 9 heteroatoms. The molecule has 0 spiro atoms. The predicted molar refractivity (Wildman–Crippen MR) is 114 cm³/mol. The summed E-state index contributed by atoms with van der Waals surface area (Å²) >= 11 is 0. The Morgan fingerprint density at radius 1 is 1.06 bits per heavy atom. The number of hydrogen-bond acceptors (Lipinski definition) is 7. The molecule has 31 heavy (non-hydrogen) atoms. The molecule has 0 unspecified atom stereocenters. The highest BCUT2D eigenvalue weighted by Gasteiger charge is 2.38. The lowest BCUT2D eigenvalue weighted by molar-refractivity contribution is -0.141. The van der Waals surface area contributed by atoms with Crippen molar-refractivity contribution in [2.75, 3.05) is 34.5 Å². The second-order valence-electron chi connectivity index (χ2n) is 6.97. The van der Waals surface area contributed by atoms with Gasteiger partial charge in [0, 0.05) is 6.54 Å². The Bertz CT molecular complexity index is 1030. The van der Waals surface area contributed by atoms with E-state index in [4.69, 9.17) is 18.9 Å². The third-order valence-corrected chi connectivity index (χ3v) is 7.20. The van der Waals surface area contributed by atoms with Gasteiger partial charge >= 0.3 is 5.97 Å². The molecule has 1 heterocycles. The number of nitrogens with zero attached hydrogens (tertiary/aromatic N) is 1. The van der Waals surface area contributed by atoms with Crippen molar-refractivity contribution in [3.63, 3.8) is 0 Å². The van der Waals surface area contributed by atoms with Crippen LogP contribution in [0.5, 0.6) is 17.2 Å². The normalized spacial score (nSPS) is 16.3. The summed E-state index contributed by atoms with van der Waals surface area (Å²) in [6, 6.07) is 9.11. The number of methoxy groups -OCH3 is 3. The summed E-state index contributed by atoms with van der Waals surface area (Å²) in [7, 11) is 0.461. The molecule has 0 bridgehead atoms. The zero-order chi connectivity index (χ0) is 22.6. The average molecular weight is 450 g/mol. The highest BCUT2D eigenvalue weighted by molar-refractivity contribution is 7.89. The quantitative estimate of drug-likeness (QED) is 0.572. The van der Waals surface area contributed by atoms with Crippen molar-refractivity contribution in [2.45, 2.75) is 30.7 Å². The molecule has 168 valence electrons. The van der Waals surface area contributed by atoms with Crippen LogP contribution in [-0.2, 0) is 26.0 Å². The van der Waals surface area contributed by atoms with Gasteiger partial charge in [0.25, 0.3) is 0 Å². The van der Waals surface area contributed by atoms with Gasteiger partial charge in [0.2, 0.25) is 10.0 Å². The number of carbonyl (C=O) groups excluding carboxylic acids is 1. The standard InChI is InChI=1S/C22H27NO7S/c1-5-30-16-6-8-17(9-7-16)31(25,26)23-11-10-15-12-20(27-2)21(28-3)13-18(15)19(23)14-22(24)29-4/h6-9,12-13,19H,5,10-11,14H2,1-4H3/t19-/m1/s1. The van der Waals surface area contributed by atoms with Crippen LogP contribution in [0.1, 0.15) is 30.5 Å². The van der Waals surface area contributed by atoms with Crippen molar-refractivity contribution in [3.05, 3.63) is 47.5 Å². The first-order valence-corrected chi connectivity index (χ1v) is 11.4. The zero-order valence-corrected chi connectivity index (χ0v) is 18.9. The van der Waals surface area contributed by atoms with Gasteiger partial charge in [-0.25, -0.2) is 8.42 Å². The summed E-state index contributed by atoms with van der Waals surface area (Å²) in [4.78, 5) is 12.3. The van der Waals surface area contributed by atoms with Crippen LogP contribution >= 0.6 is 0 Å². The molecule has 0 amide bonds. The fourth-order valence-electron chi connectivity index (χ4n) is 3.76. The summed E-state index contributed by atoms with van der Waals surface area (Å²) in [5, 5.41) is 0.